The average molecular weight is 328 g/mol. The van der Waals surface area contributed by atoms with Gasteiger partial charge in [-0.05, 0) is 23.6 Å². The van der Waals surface area contributed by atoms with Crippen LogP contribution in [0.15, 0.2) is 52.0 Å². The standard InChI is InChI=1S/C15H12N4OS2/c1-18-14(20)11-5-7-21-13(11)17-15(18)22-9-10-8-19-6-3-2-4-12(19)16-10/h2-8H,9H2,1H3. The number of aromatic nitrogens is 4. The van der Waals surface area contributed by atoms with Crippen molar-refractivity contribution < 1.29 is 0 Å². The smallest absolute Gasteiger partial charge is 0.262 e. The molecule has 0 aliphatic rings. The number of nitrogens with zero attached hydrogens (tertiary/aromatic N) is 4. The Morgan fingerprint density at radius 3 is 3.05 bits per heavy atom. The molecule has 4 aromatic heterocycles. The Labute approximate surface area is 134 Å². The van der Waals surface area contributed by atoms with Crippen LogP contribution in [0, 0.1) is 0 Å². The molecule has 7 heteroatoms. The van der Waals surface area contributed by atoms with Gasteiger partial charge < -0.3 is 4.40 Å². The van der Waals surface area contributed by atoms with Gasteiger partial charge in [-0.2, -0.15) is 0 Å². The molecule has 110 valence electrons. The summed E-state index contributed by atoms with van der Waals surface area (Å²) < 4.78 is 3.60. The van der Waals surface area contributed by atoms with Crippen LogP contribution in [0.1, 0.15) is 5.69 Å². The van der Waals surface area contributed by atoms with Crippen LogP contribution in [-0.4, -0.2) is 18.9 Å². The van der Waals surface area contributed by atoms with Crippen LogP contribution in [0.4, 0.5) is 0 Å². The first-order chi connectivity index (χ1) is 10.7. The summed E-state index contributed by atoms with van der Waals surface area (Å²) in [5.74, 6) is 0.679. The Kier molecular flexibility index (Phi) is 3.24. The molecule has 5 nitrogen and oxygen atoms in total. The Morgan fingerprint density at radius 2 is 2.18 bits per heavy atom. The normalized spacial score (nSPS) is 11.5. The molecule has 0 atom stereocenters. The Balaban J connectivity index is 1.66. The van der Waals surface area contributed by atoms with Crippen molar-refractivity contribution >= 4 is 39.0 Å². The van der Waals surface area contributed by atoms with E-state index in [0.717, 1.165) is 21.3 Å². The first-order valence-corrected chi connectivity index (χ1v) is 8.58. The first-order valence-electron chi connectivity index (χ1n) is 6.72. The highest BCUT2D eigenvalue weighted by molar-refractivity contribution is 7.98. The lowest BCUT2D eigenvalue weighted by Crippen LogP contribution is -2.19. The third-order valence-electron chi connectivity index (χ3n) is 3.43. The Bertz CT molecular complexity index is 998. The number of hydrogen-bond acceptors (Lipinski definition) is 5. The maximum Gasteiger partial charge on any atom is 0.262 e. The lowest BCUT2D eigenvalue weighted by molar-refractivity contribution is 0.728. The summed E-state index contributed by atoms with van der Waals surface area (Å²) in [6.07, 6.45) is 3.98. The molecule has 0 aliphatic heterocycles. The molecule has 0 unspecified atom stereocenters. The minimum atomic E-state index is 0.00347. The molecule has 0 aliphatic carbocycles. The summed E-state index contributed by atoms with van der Waals surface area (Å²) in [4.78, 5) is 22.2. The van der Waals surface area contributed by atoms with E-state index in [1.54, 1.807) is 11.6 Å². The third-order valence-corrected chi connectivity index (χ3v) is 5.30. The van der Waals surface area contributed by atoms with E-state index in [9.17, 15) is 4.79 Å². The molecule has 4 heterocycles. The second-order valence-corrected chi connectivity index (χ2v) is 6.72. The van der Waals surface area contributed by atoms with Gasteiger partial charge in [0.15, 0.2) is 5.16 Å². The first kappa shape index (κ1) is 13.5. The summed E-state index contributed by atoms with van der Waals surface area (Å²) >= 11 is 3.02. The minimum Gasteiger partial charge on any atom is -0.307 e. The highest BCUT2D eigenvalue weighted by Gasteiger charge is 2.10. The number of thiophene rings is 1. The van der Waals surface area contributed by atoms with E-state index < -0.39 is 0 Å². The highest BCUT2D eigenvalue weighted by Crippen LogP contribution is 2.23. The number of hydrogen-bond donors (Lipinski definition) is 0. The van der Waals surface area contributed by atoms with Crippen molar-refractivity contribution in [2.75, 3.05) is 0 Å². The van der Waals surface area contributed by atoms with Gasteiger partial charge in [-0.25, -0.2) is 9.97 Å². The zero-order valence-electron chi connectivity index (χ0n) is 11.8. The number of thioether (sulfide) groups is 1. The maximum atomic E-state index is 12.3. The number of rotatable bonds is 3. The lowest BCUT2D eigenvalue weighted by Gasteiger charge is -2.05. The molecule has 0 bridgehead atoms. The summed E-state index contributed by atoms with van der Waals surface area (Å²) in [6.45, 7) is 0. The molecule has 4 aromatic rings. The average Bonchev–Trinajstić information content (AvgIpc) is 3.15. The van der Waals surface area contributed by atoms with Gasteiger partial charge in [0.1, 0.15) is 10.5 Å². The van der Waals surface area contributed by atoms with Gasteiger partial charge in [-0.15, -0.1) is 11.3 Å². The van der Waals surface area contributed by atoms with Gasteiger partial charge in [0.2, 0.25) is 0 Å². The van der Waals surface area contributed by atoms with Gasteiger partial charge >= 0.3 is 0 Å². The van der Waals surface area contributed by atoms with Gasteiger partial charge in [-0.1, -0.05) is 17.8 Å². The minimum absolute atomic E-state index is 0.00347. The van der Waals surface area contributed by atoms with Crippen molar-refractivity contribution in [3.05, 3.63) is 58.1 Å². The fourth-order valence-electron chi connectivity index (χ4n) is 2.30. The molecular weight excluding hydrogens is 316 g/mol. The number of pyridine rings is 1. The SMILES string of the molecule is Cn1c(SCc2cn3ccccc3n2)nc2sccc2c1=O. The van der Waals surface area contributed by atoms with Crippen molar-refractivity contribution in [1.82, 2.24) is 18.9 Å². The summed E-state index contributed by atoms with van der Waals surface area (Å²) in [6, 6.07) is 7.74. The van der Waals surface area contributed by atoms with E-state index in [1.165, 1.54) is 23.1 Å². The second-order valence-electron chi connectivity index (χ2n) is 4.88. The van der Waals surface area contributed by atoms with E-state index in [0.29, 0.717) is 11.1 Å². The molecule has 22 heavy (non-hydrogen) atoms. The highest BCUT2D eigenvalue weighted by atomic mass is 32.2. The van der Waals surface area contributed by atoms with Crippen LogP contribution in [0.3, 0.4) is 0 Å². The molecule has 0 N–H and O–H groups in total. The van der Waals surface area contributed by atoms with E-state index in [-0.39, 0.29) is 5.56 Å². The predicted molar refractivity (Wildman–Crippen MR) is 89.6 cm³/mol. The third kappa shape index (κ3) is 2.22. The maximum absolute atomic E-state index is 12.3. The van der Waals surface area contributed by atoms with Crippen molar-refractivity contribution in [2.45, 2.75) is 10.9 Å². The van der Waals surface area contributed by atoms with E-state index in [4.69, 9.17) is 0 Å². The molecule has 0 amide bonds. The van der Waals surface area contributed by atoms with Crippen molar-refractivity contribution in [1.29, 1.82) is 0 Å². The van der Waals surface area contributed by atoms with Crippen LogP contribution < -0.4 is 5.56 Å². The number of fused-ring (bicyclic) bond motifs is 2. The molecule has 4 rings (SSSR count). The van der Waals surface area contributed by atoms with E-state index >= 15 is 0 Å². The van der Waals surface area contributed by atoms with Gasteiger partial charge in [0, 0.05) is 25.2 Å². The fraction of sp³-hybridized carbons (Fsp3) is 0.133. The monoisotopic (exact) mass is 328 g/mol. The fourth-order valence-corrected chi connectivity index (χ4v) is 3.97. The van der Waals surface area contributed by atoms with Crippen molar-refractivity contribution in [2.24, 2.45) is 7.05 Å². The van der Waals surface area contributed by atoms with E-state index in [1.807, 2.05) is 46.4 Å². The largest absolute Gasteiger partial charge is 0.307 e. The zero-order chi connectivity index (χ0) is 15.1. The quantitative estimate of drug-likeness (QED) is 0.429. The zero-order valence-corrected chi connectivity index (χ0v) is 13.4. The summed E-state index contributed by atoms with van der Waals surface area (Å²) in [7, 11) is 1.76. The Hall–Kier alpha value is -2.12. The molecule has 0 spiro atoms. The molecule has 0 aromatic carbocycles. The molecule has 0 radical (unpaired) electrons. The van der Waals surface area contributed by atoms with Crippen molar-refractivity contribution in [3.8, 4) is 0 Å². The summed E-state index contributed by atoms with van der Waals surface area (Å²) in [5, 5.41) is 3.30. The molecule has 0 saturated heterocycles. The molecule has 0 fully saturated rings. The Morgan fingerprint density at radius 1 is 1.27 bits per heavy atom. The summed E-state index contributed by atoms with van der Waals surface area (Å²) in [5.41, 5.74) is 1.90. The van der Waals surface area contributed by atoms with Crippen LogP contribution >= 0.6 is 23.1 Å². The second kappa shape index (κ2) is 5.26. The van der Waals surface area contributed by atoms with Crippen LogP contribution in [0.25, 0.3) is 15.9 Å². The van der Waals surface area contributed by atoms with Gasteiger partial charge in [0.25, 0.3) is 5.56 Å². The van der Waals surface area contributed by atoms with E-state index in [2.05, 4.69) is 9.97 Å². The molecule has 0 saturated carbocycles. The van der Waals surface area contributed by atoms with Gasteiger partial charge in [-0.3, -0.25) is 9.36 Å². The van der Waals surface area contributed by atoms with Crippen molar-refractivity contribution in [3.63, 3.8) is 0 Å². The molecular formula is C15H12N4OS2. The predicted octanol–water partition coefficient (Wildman–Crippen LogP) is 2.94. The van der Waals surface area contributed by atoms with Gasteiger partial charge in [0.05, 0.1) is 11.1 Å². The van der Waals surface area contributed by atoms with Crippen LogP contribution in [0.2, 0.25) is 0 Å². The number of imidazole rings is 1. The lowest BCUT2D eigenvalue weighted by atomic mass is 10.4. The topological polar surface area (TPSA) is 52.2 Å². The van der Waals surface area contributed by atoms with Crippen LogP contribution in [0.5, 0.6) is 0 Å². The van der Waals surface area contributed by atoms with Crippen LogP contribution in [-0.2, 0) is 12.8 Å².